The minimum Gasteiger partial charge on any atom is -0.363 e. The molecule has 1 heterocycles. The lowest BCUT2D eigenvalue weighted by atomic mass is 9.78. The largest absolute Gasteiger partial charge is 0.363 e. The summed E-state index contributed by atoms with van der Waals surface area (Å²) in [5.41, 5.74) is 0.388. The standard InChI is InChI=1S/C27H36N2O3/c1-6-7-18-28(24(30)21-14-10-8-11-15-21)23-19-26(2,3)29(27(4,5)20-23)32-25(31)22-16-12-9-13-17-22/h8-17,23H,6-7,18-20H2,1-5H3. The number of piperidine rings is 1. The average Bonchev–Trinajstić information content (AvgIpc) is 2.77. The van der Waals surface area contributed by atoms with Crippen LogP contribution >= 0.6 is 0 Å². The van der Waals surface area contributed by atoms with Gasteiger partial charge in [-0.2, -0.15) is 0 Å². The van der Waals surface area contributed by atoms with Gasteiger partial charge in [-0.1, -0.05) is 49.7 Å². The van der Waals surface area contributed by atoms with Gasteiger partial charge in [-0.05, 0) is 71.2 Å². The maximum absolute atomic E-state index is 13.4. The number of rotatable bonds is 7. The molecular weight excluding hydrogens is 400 g/mol. The number of carbonyl (C=O) groups is 2. The van der Waals surface area contributed by atoms with Gasteiger partial charge in [-0.3, -0.25) is 4.79 Å². The Labute approximate surface area is 192 Å². The van der Waals surface area contributed by atoms with Crippen LogP contribution < -0.4 is 0 Å². The van der Waals surface area contributed by atoms with E-state index in [1.807, 2.05) is 58.5 Å². The van der Waals surface area contributed by atoms with E-state index in [4.69, 9.17) is 4.84 Å². The SMILES string of the molecule is CCCCN(C(=O)c1ccccc1)C1CC(C)(C)N(OC(=O)c2ccccc2)C(C)(C)C1. The summed E-state index contributed by atoms with van der Waals surface area (Å²) in [5, 5.41) is 1.84. The third-order valence-electron chi connectivity index (χ3n) is 6.23. The Morgan fingerprint density at radius 2 is 1.41 bits per heavy atom. The Hall–Kier alpha value is -2.66. The topological polar surface area (TPSA) is 49.9 Å². The Morgan fingerprint density at radius 1 is 0.906 bits per heavy atom. The zero-order chi connectivity index (χ0) is 23.4. The summed E-state index contributed by atoms with van der Waals surface area (Å²) in [6.07, 6.45) is 3.43. The highest BCUT2D eigenvalue weighted by atomic mass is 16.7. The van der Waals surface area contributed by atoms with E-state index in [0.717, 1.165) is 37.8 Å². The first-order valence-electron chi connectivity index (χ1n) is 11.6. The molecule has 0 N–H and O–H groups in total. The summed E-state index contributed by atoms with van der Waals surface area (Å²) >= 11 is 0. The zero-order valence-electron chi connectivity index (χ0n) is 20.0. The van der Waals surface area contributed by atoms with Crippen molar-refractivity contribution in [3.63, 3.8) is 0 Å². The van der Waals surface area contributed by atoms with Crippen molar-refractivity contribution in [3.8, 4) is 0 Å². The fourth-order valence-corrected chi connectivity index (χ4v) is 4.91. The number of hydroxylamine groups is 2. The van der Waals surface area contributed by atoms with Crippen LogP contribution in [-0.2, 0) is 4.84 Å². The van der Waals surface area contributed by atoms with Crippen molar-refractivity contribution in [2.75, 3.05) is 6.54 Å². The van der Waals surface area contributed by atoms with Crippen LogP contribution in [0.2, 0.25) is 0 Å². The molecule has 5 nitrogen and oxygen atoms in total. The van der Waals surface area contributed by atoms with Crippen LogP contribution in [0.15, 0.2) is 60.7 Å². The van der Waals surface area contributed by atoms with Crippen LogP contribution in [-0.4, -0.2) is 45.5 Å². The van der Waals surface area contributed by atoms with Gasteiger partial charge in [0.25, 0.3) is 5.91 Å². The molecule has 2 aromatic carbocycles. The lowest BCUT2D eigenvalue weighted by Crippen LogP contribution is -2.65. The highest BCUT2D eigenvalue weighted by Gasteiger charge is 2.50. The lowest BCUT2D eigenvalue weighted by Gasteiger charge is -2.54. The van der Waals surface area contributed by atoms with Gasteiger partial charge in [0, 0.05) is 18.2 Å². The monoisotopic (exact) mass is 436 g/mol. The highest BCUT2D eigenvalue weighted by molar-refractivity contribution is 5.94. The third-order valence-corrected chi connectivity index (χ3v) is 6.23. The molecule has 1 aliphatic rings. The van der Waals surface area contributed by atoms with Gasteiger partial charge in [-0.25, -0.2) is 4.79 Å². The summed E-state index contributed by atoms with van der Waals surface area (Å²) < 4.78 is 0. The van der Waals surface area contributed by atoms with Crippen molar-refractivity contribution < 1.29 is 14.4 Å². The maximum atomic E-state index is 13.4. The molecule has 32 heavy (non-hydrogen) atoms. The van der Waals surface area contributed by atoms with Gasteiger partial charge >= 0.3 is 5.97 Å². The molecule has 0 aromatic heterocycles. The third kappa shape index (κ3) is 5.39. The minimum absolute atomic E-state index is 0.0610. The van der Waals surface area contributed by atoms with Gasteiger partial charge in [-0.15, -0.1) is 5.06 Å². The van der Waals surface area contributed by atoms with Gasteiger partial charge in [0.2, 0.25) is 0 Å². The van der Waals surface area contributed by atoms with Gasteiger partial charge < -0.3 is 9.74 Å². The van der Waals surface area contributed by atoms with E-state index in [1.165, 1.54) is 0 Å². The summed E-state index contributed by atoms with van der Waals surface area (Å²) in [6.45, 7) is 11.2. The molecule has 1 fully saturated rings. The van der Waals surface area contributed by atoms with Gasteiger partial charge in [0.1, 0.15) is 0 Å². The van der Waals surface area contributed by atoms with E-state index in [1.54, 1.807) is 12.1 Å². The maximum Gasteiger partial charge on any atom is 0.357 e. The van der Waals surface area contributed by atoms with E-state index in [-0.39, 0.29) is 17.9 Å². The van der Waals surface area contributed by atoms with Crippen molar-refractivity contribution >= 4 is 11.9 Å². The second-order valence-corrected chi connectivity index (χ2v) is 9.94. The van der Waals surface area contributed by atoms with Crippen LogP contribution in [0.5, 0.6) is 0 Å². The fraction of sp³-hybridized carbons (Fsp3) is 0.481. The van der Waals surface area contributed by atoms with Crippen molar-refractivity contribution in [2.45, 2.75) is 77.4 Å². The van der Waals surface area contributed by atoms with Crippen LogP contribution in [0, 0.1) is 0 Å². The zero-order valence-corrected chi connectivity index (χ0v) is 20.0. The van der Waals surface area contributed by atoms with Gasteiger partial charge in [0.05, 0.1) is 16.6 Å². The second-order valence-electron chi connectivity index (χ2n) is 9.94. The van der Waals surface area contributed by atoms with Crippen molar-refractivity contribution in [1.82, 2.24) is 9.96 Å². The predicted molar refractivity (Wildman–Crippen MR) is 127 cm³/mol. The molecule has 5 heteroatoms. The first kappa shape index (κ1) is 24.0. The molecule has 172 valence electrons. The molecular formula is C27H36N2O3. The molecule has 0 unspecified atom stereocenters. The Morgan fingerprint density at radius 3 is 1.91 bits per heavy atom. The molecule has 1 aliphatic heterocycles. The lowest BCUT2D eigenvalue weighted by molar-refractivity contribution is -0.249. The Bertz CT molecular complexity index is 891. The van der Waals surface area contributed by atoms with Crippen LogP contribution in [0.1, 0.15) is 81.0 Å². The average molecular weight is 437 g/mol. The first-order valence-corrected chi connectivity index (χ1v) is 11.6. The summed E-state index contributed by atoms with van der Waals surface area (Å²) in [6, 6.07) is 18.6. The molecule has 1 amide bonds. The molecule has 0 atom stereocenters. The molecule has 2 aromatic rings. The number of benzene rings is 2. The number of amides is 1. The summed E-state index contributed by atoms with van der Waals surface area (Å²) in [5.74, 6) is -0.279. The first-order chi connectivity index (χ1) is 15.2. The fourth-order valence-electron chi connectivity index (χ4n) is 4.91. The van der Waals surface area contributed by atoms with Crippen LogP contribution in [0.25, 0.3) is 0 Å². The number of carbonyl (C=O) groups excluding carboxylic acids is 2. The van der Waals surface area contributed by atoms with E-state index in [9.17, 15) is 9.59 Å². The Kier molecular flexibility index (Phi) is 7.40. The molecule has 0 spiro atoms. The van der Waals surface area contributed by atoms with Crippen LogP contribution in [0.4, 0.5) is 0 Å². The molecule has 0 bridgehead atoms. The number of hydrogen-bond acceptors (Lipinski definition) is 4. The van der Waals surface area contributed by atoms with E-state index >= 15 is 0 Å². The van der Waals surface area contributed by atoms with E-state index in [2.05, 4.69) is 34.6 Å². The minimum atomic E-state index is -0.432. The summed E-state index contributed by atoms with van der Waals surface area (Å²) in [4.78, 5) is 34.2. The van der Waals surface area contributed by atoms with E-state index < -0.39 is 11.1 Å². The smallest absolute Gasteiger partial charge is 0.357 e. The molecule has 0 aliphatic carbocycles. The quantitative estimate of drug-likeness (QED) is 0.557. The second kappa shape index (κ2) is 9.86. The predicted octanol–water partition coefficient (Wildman–Crippen LogP) is 5.72. The highest BCUT2D eigenvalue weighted by Crippen LogP contribution is 2.41. The Balaban J connectivity index is 1.84. The van der Waals surface area contributed by atoms with Crippen molar-refractivity contribution in [3.05, 3.63) is 71.8 Å². The normalized spacial score (nSPS) is 18.2. The summed E-state index contributed by atoms with van der Waals surface area (Å²) in [7, 11) is 0. The van der Waals surface area contributed by atoms with Crippen molar-refractivity contribution in [2.24, 2.45) is 0 Å². The molecule has 0 radical (unpaired) electrons. The molecule has 0 saturated carbocycles. The molecule has 3 rings (SSSR count). The van der Waals surface area contributed by atoms with E-state index in [0.29, 0.717) is 5.56 Å². The molecule has 1 saturated heterocycles. The number of nitrogens with zero attached hydrogens (tertiary/aromatic N) is 2. The van der Waals surface area contributed by atoms with Gasteiger partial charge in [0.15, 0.2) is 0 Å². The van der Waals surface area contributed by atoms with Crippen LogP contribution in [0.3, 0.4) is 0 Å². The number of hydrogen-bond donors (Lipinski definition) is 0. The number of unbranched alkanes of at least 4 members (excludes halogenated alkanes) is 1. The van der Waals surface area contributed by atoms with Crippen molar-refractivity contribution in [1.29, 1.82) is 0 Å².